The summed E-state index contributed by atoms with van der Waals surface area (Å²) in [6.07, 6.45) is 2.38. The lowest BCUT2D eigenvalue weighted by Gasteiger charge is -2.34. The first kappa shape index (κ1) is 16.3. The molecule has 1 aliphatic heterocycles. The molecule has 0 atom stereocenters. The third kappa shape index (κ3) is 3.36. The van der Waals surface area contributed by atoms with E-state index in [-0.39, 0.29) is 6.03 Å². The molecular formula is C18H23N5O. The van der Waals surface area contributed by atoms with Crippen LogP contribution >= 0.6 is 0 Å². The number of benzene rings is 1. The number of nitrogens with zero attached hydrogens (tertiary/aromatic N) is 4. The van der Waals surface area contributed by atoms with Gasteiger partial charge < -0.3 is 15.1 Å². The maximum atomic E-state index is 12.3. The molecule has 1 fully saturated rings. The zero-order valence-electron chi connectivity index (χ0n) is 14.2. The first-order chi connectivity index (χ1) is 11.7. The summed E-state index contributed by atoms with van der Waals surface area (Å²) in [4.78, 5) is 21.5. The summed E-state index contributed by atoms with van der Waals surface area (Å²) >= 11 is 0. The lowest BCUT2D eigenvalue weighted by atomic mass is 10.2. The summed E-state index contributed by atoms with van der Waals surface area (Å²) in [6, 6.07) is 5.80. The van der Waals surface area contributed by atoms with E-state index in [0.717, 1.165) is 49.3 Å². The number of anilines is 1. The fraction of sp³-hybridized carbons (Fsp3) is 0.444. The number of rotatable bonds is 2. The molecule has 0 spiro atoms. The van der Waals surface area contributed by atoms with E-state index in [2.05, 4.69) is 45.1 Å². The summed E-state index contributed by atoms with van der Waals surface area (Å²) < 4.78 is 1.56. The first-order valence-electron chi connectivity index (χ1n) is 8.34. The van der Waals surface area contributed by atoms with Gasteiger partial charge in [0.05, 0.1) is 17.7 Å². The maximum absolute atomic E-state index is 12.3. The van der Waals surface area contributed by atoms with E-state index in [9.17, 15) is 4.79 Å². The Morgan fingerprint density at radius 1 is 1.25 bits per heavy atom. The summed E-state index contributed by atoms with van der Waals surface area (Å²) in [5, 5.41) is 2.81. The Balaban J connectivity index is 1.82. The van der Waals surface area contributed by atoms with Crippen LogP contribution in [0, 0.1) is 11.8 Å². The van der Waals surface area contributed by atoms with Crippen LogP contribution in [-0.2, 0) is 0 Å². The predicted molar refractivity (Wildman–Crippen MR) is 96.3 cm³/mol. The molecule has 24 heavy (non-hydrogen) atoms. The number of hydrogen-bond acceptors (Lipinski definition) is 4. The van der Waals surface area contributed by atoms with Gasteiger partial charge in [0.1, 0.15) is 11.8 Å². The van der Waals surface area contributed by atoms with Crippen molar-refractivity contribution in [3.63, 3.8) is 0 Å². The van der Waals surface area contributed by atoms with Crippen molar-refractivity contribution in [3.8, 4) is 11.8 Å². The van der Waals surface area contributed by atoms with Crippen molar-refractivity contribution in [2.45, 2.75) is 13.3 Å². The highest BCUT2D eigenvalue weighted by atomic mass is 16.2. The number of hydrogen-bond donors (Lipinski definition) is 1. The van der Waals surface area contributed by atoms with Crippen LogP contribution in [0.2, 0.25) is 0 Å². The number of carbonyl (C=O) groups is 1. The van der Waals surface area contributed by atoms with Gasteiger partial charge in [0.25, 0.3) is 0 Å². The van der Waals surface area contributed by atoms with Gasteiger partial charge in [-0.15, -0.1) is 5.92 Å². The summed E-state index contributed by atoms with van der Waals surface area (Å²) in [5.41, 5.74) is 2.79. The van der Waals surface area contributed by atoms with Gasteiger partial charge in [0.15, 0.2) is 0 Å². The molecule has 1 N–H and O–H groups in total. The number of para-hydroxylation sites is 1. The monoisotopic (exact) mass is 325 g/mol. The molecular weight excluding hydrogens is 302 g/mol. The Kier molecular flexibility index (Phi) is 5.02. The second kappa shape index (κ2) is 7.37. The Bertz CT molecular complexity index is 778. The number of piperazine rings is 1. The molecule has 1 amide bonds. The van der Waals surface area contributed by atoms with Crippen molar-refractivity contribution in [1.29, 1.82) is 0 Å². The lowest BCUT2D eigenvalue weighted by molar-refractivity contribution is 0.244. The number of aromatic nitrogens is 2. The molecule has 1 aromatic heterocycles. The maximum Gasteiger partial charge on any atom is 0.328 e. The van der Waals surface area contributed by atoms with Gasteiger partial charge >= 0.3 is 6.03 Å². The molecule has 6 nitrogen and oxygen atoms in total. The molecule has 3 rings (SSSR count). The van der Waals surface area contributed by atoms with E-state index >= 15 is 0 Å². The van der Waals surface area contributed by atoms with Gasteiger partial charge in [-0.25, -0.2) is 9.78 Å². The van der Waals surface area contributed by atoms with Crippen LogP contribution in [0.3, 0.4) is 0 Å². The number of imidazole rings is 1. The smallest absolute Gasteiger partial charge is 0.328 e. The van der Waals surface area contributed by atoms with E-state index in [0.29, 0.717) is 6.54 Å². The highest BCUT2D eigenvalue weighted by Crippen LogP contribution is 2.26. The molecule has 0 aliphatic carbocycles. The average molecular weight is 325 g/mol. The molecule has 6 heteroatoms. The quantitative estimate of drug-likeness (QED) is 0.855. The van der Waals surface area contributed by atoms with Crippen LogP contribution in [0.5, 0.6) is 0 Å². The van der Waals surface area contributed by atoms with Crippen molar-refractivity contribution >= 4 is 22.8 Å². The van der Waals surface area contributed by atoms with Crippen LogP contribution in [0.1, 0.15) is 13.3 Å². The topological polar surface area (TPSA) is 53.4 Å². The summed E-state index contributed by atoms with van der Waals surface area (Å²) in [5.74, 6) is 5.86. The molecule has 1 aliphatic rings. The Labute approximate surface area is 142 Å². The fourth-order valence-corrected chi connectivity index (χ4v) is 2.88. The standard InChI is InChI=1S/C18H23N5O/c1-3-4-5-9-19-18(24)23-14-20-17-15(7-6-8-16(17)23)22-12-10-21(2)11-13-22/h6-8,14H,3,9-13H2,1-2H3,(H,19,24). The number of fused-ring (bicyclic) bond motifs is 1. The molecule has 2 heterocycles. The zero-order valence-corrected chi connectivity index (χ0v) is 14.2. The van der Waals surface area contributed by atoms with Crippen LogP contribution in [0.4, 0.5) is 10.5 Å². The van der Waals surface area contributed by atoms with Gasteiger partial charge in [-0.2, -0.15) is 0 Å². The van der Waals surface area contributed by atoms with Crippen molar-refractivity contribution in [3.05, 3.63) is 24.5 Å². The molecule has 0 saturated carbocycles. The minimum Gasteiger partial charge on any atom is -0.367 e. The van der Waals surface area contributed by atoms with E-state index in [4.69, 9.17) is 0 Å². The second-order valence-corrected chi connectivity index (χ2v) is 5.92. The van der Waals surface area contributed by atoms with Crippen LogP contribution in [0.25, 0.3) is 11.0 Å². The number of nitrogens with one attached hydrogen (secondary N) is 1. The first-order valence-corrected chi connectivity index (χ1v) is 8.34. The van der Waals surface area contributed by atoms with Crippen molar-refractivity contribution in [2.24, 2.45) is 0 Å². The molecule has 2 aromatic rings. The minimum atomic E-state index is -0.196. The van der Waals surface area contributed by atoms with Crippen molar-refractivity contribution in [1.82, 2.24) is 19.8 Å². The average Bonchev–Trinajstić information content (AvgIpc) is 3.03. The van der Waals surface area contributed by atoms with E-state index in [1.54, 1.807) is 10.9 Å². The number of amides is 1. The van der Waals surface area contributed by atoms with Crippen LogP contribution < -0.4 is 10.2 Å². The van der Waals surface area contributed by atoms with Crippen molar-refractivity contribution < 1.29 is 4.79 Å². The molecule has 126 valence electrons. The number of likely N-dealkylation sites (N-methyl/N-ethyl adjacent to an activating group) is 1. The van der Waals surface area contributed by atoms with Crippen LogP contribution in [-0.4, -0.2) is 60.3 Å². The normalized spacial score (nSPS) is 15.2. The zero-order chi connectivity index (χ0) is 16.9. The fourth-order valence-electron chi connectivity index (χ4n) is 2.88. The van der Waals surface area contributed by atoms with E-state index in [1.807, 2.05) is 19.1 Å². The van der Waals surface area contributed by atoms with Crippen LogP contribution in [0.15, 0.2) is 24.5 Å². The van der Waals surface area contributed by atoms with Gasteiger partial charge in [-0.05, 0) is 19.2 Å². The summed E-state index contributed by atoms with van der Waals surface area (Å²) in [7, 11) is 2.14. The molecule has 1 aromatic carbocycles. The largest absolute Gasteiger partial charge is 0.367 e. The predicted octanol–water partition coefficient (Wildman–Crippen LogP) is 1.76. The molecule has 1 saturated heterocycles. The van der Waals surface area contributed by atoms with E-state index in [1.165, 1.54) is 0 Å². The minimum absolute atomic E-state index is 0.196. The SMILES string of the molecule is CCC#CCNC(=O)n1cnc2c(N3CCN(C)CC3)cccc21. The lowest BCUT2D eigenvalue weighted by Crippen LogP contribution is -2.44. The molecule has 0 radical (unpaired) electrons. The Morgan fingerprint density at radius 2 is 2.04 bits per heavy atom. The molecule has 0 unspecified atom stereocenters. The Hall–Kier alpha value is -2.52. The van der Waals surface area contributed by atoms with Gasteiger partial charge in [0, 0.05) is 32.6 Å². The third-order valence-corrected chi connectivity index (χ3v) is 4.25. The molecule has 0 bridgehead atoms. The number of carbonyl (C=O) groups excluding carboxylic acids is 1. The van der Waals surface area contributed by atoms with Gasteiger partial charge in [-0.3, -0.25) is 4.57 Å². The van der Waals surface area contributed by atoms with Crippen molar-refractivity contribution in [2.75, 3.05) is 44.7 Å². The Morgan fingerprint density at radius 3 is 2.79 bits per heavy atom. The highest BCUT2D eigenvalue weighted by molar-refractivity contribution is 5.95. The second-order valence-electron chi connectivity index (χ2n) is 5.92. The third-order valence-electron chi connectivity index (χ3n) is 4.25. The summed E-state index contributed by atoms with van der Waals surface area (Å²) in [6.45, 7) is 6.35. The van der Waals surface area contributed by atoms with Gasteiger partial charge in [-0.1, -0.05) is 18.9 Å². The van der Waals surface area contributed by atoms with Gasteiger partial charge in [0.2, 0.25) is 0 Å². The van der Waals surface area contributed by atoms with E-state index < -0.39 is 0 Å². The highest BCUT2D eigenvalue weighted by Gasteiger charge is 2.19.